The lowest BCUT2D eigenvalue weighted by Gasteiger charge is -2.28. The van der Waals surface area contributed by atoms with Gasteiger partial charge in [-0.25, -0.2) is 0 Å². The zero-order chi connectivity index (χ0) is 54.8. The van der Waals surface area contributed by atoms with Crippen LogP contribution in [0.1, 0.15) is 95.7 Å². The highest BCUT2D eigenvalue weighted by Gasteiger charge is 2.49. The molecule has 0 aromatic heterocycles. The standard InChI is InChI=1S/C21H27O3P.C20H25O3P.C19H21Br2O3P/c1-13-11-14(2)19(23-7)18(15(13)3)16-9-8-10-17-20(16)25(22,12-24-17)21(4,5)6;1-13-10-11-16(22-6)18(14(13)2)15-8-7-9-17-19(15)24(21,12-23-17)20(3,4)5;1-11-13(20)9-14(21)17(23-5)16(11)12-7-6-8-15-18(12)25(22,10-24-15)19(2,3)4/h8-11H,12H2,1-7H3;7-11H,12H2,1-6H3;6-9H,10H2,1-5H3/t25-;24-;25-/m000/s1. The van der Waals surface area contributed by atoms with Crippen molar-refractivity contribution in [3.8, 4) is 67.9 Å². The summed E-state index contributed by atoms with van der Waals surface area (Å²) in [6, 6.07) is 25.9. The molecule has 0 spiro atoms. The molecule has 14 heteroatoms. The van der Waals surface area contributed by atoms with Crippen LogP contribution in [0.5, 0.6) is 34.5 Å². The van der Waals surface area contributed by atoms with Gasteiger partial charge in [-0.15, -0.1) is 0 Å². The van der Waals surface area contributed by atoms with Crippen molar-refractivity contribution < 1.29 is 42.1 Å². The highest BCUT2D eigenvalue weighted by atomic mass is 79.9. The molecular weight excluding hydrogens is 1120 g/mol. The van der Waals surface area contributed by atoms with Gasteiger partial charge in [0.05, 0.1) is 41.7 Å². The first-order valence-electron chi connectivity index (χ1n) is 24.8. The predicted molar refractivity (Wildman–Crippen MR) is 317 cm³/mol. The maximum absolute atomic E-state index is 14.0. The first-order valence-corrected chi connectivity index (χ1v) is 32.1. The molecule has 9 nitrogen and oxygen atoms in total. The molecule has 0 amide bonds. The molecule has 0 fully saturated rings. The van der Waals surface area contributed by atoms with Crippen LogP contribution in [0.4, 0.5) is 0 Å². The molecule has 6 aromatic rings. The fourth-order valence-corrected chi connectivity index (χ4v) is 19.1. The van der Waals surface area contributed by atoms with Gasteiger partial charge in [0.1, 0.15) is 53.5 Å². The highest BCUT2D eigenvalue weighted by molar-refractivity contribution is 9.11. The van der Waals surface area contributed by atoms with Crippen LogP contribution in [0.2, 0.25) is 0 Å². The van der Waals surface area contributed by atoms with Gasteiger partial charge in [-0.3, -0.25) is 0 Å². The minimum Gasteiger partial charge on any atom is -0.496 e. The van der Waals surface area contributed by atoms with Crippen molar-refractivity contribution in [2.75, 3.05) is 40.4 Å². The van der Waals surface area contributed by atoms with Gasteiger partial charge in [0.2, 0.25) is 0 Å². The third-order valence-corrected chi connectivity index (χ3v) is 28.0. The van der Waals surface area contributed by atoms with Crippen LogP contribution in [0.15, 0.2) is 87.8 Å². The molecule has 0 unspecified atom stereocenters. The van der Waals surface area contributed by atoms with Gasteiger partial charge in [-0.1, -0.05) is 127 Å². The topological polar surface area (TPSA) is 107 Å². The zero-order valence-corrected chi connectivity index (χ0v) is 52.3. The van der Waals surface area contributed by atoms with Crippen molar-refractivity contribution in [1.82, 2.24) is 0 Å². The quantitative estimate of drug-likeness (QED) is 0.151. The zero-order valence-electron chi connectivity index (χ0n) is 46.4. The largest absolute Gasteiger partial charge is 0.496 e. The minimum absolute atomic E-state index is 0.249. The van der Waals surface area contributed by atoms with Crippen LogP contribution in [0.3, 0.4) is 0 Å². The Kier molecular flexibility index (Phi) is 16.3. The van der Waals surface area contributed by atoms with E-state index in [4.69, 9.17) is 28.4 Å². The Balaban J connectivity index is 0.000000162. The van der Waals surface area contributed by atoms with E-state index in [-0.39, 0.29) is 34.5 Å². The molecule has 6 aromatic carbocycles. The van der Waals surface area contributed by atoms with Crippen molar-refractivity contribution in [1.29, 1.82) is 0 Å². The van der Waals surface area contributed by atoms with Crippen molar-refractivity contribution in [2.24, 2.45) is 0 Å². The van der Waals surface area contributed by atoms with Gasteiger partial charge in [0.25, 0.3) is 0 Å². The van der Waals surface area contributed by atoms with Crippen LogP contribution in [0, 0.1) is 41.5 Å². The first-order chi connectivity index (χ1) is 34.4. The summed E-state index contributed by atoms with van der Waals surface area (Å²) in [6.45, 7) is 30.7. The Hall–Kier alpha value is -4.23. The van der Waals surface area contributed by atoms with E-state index in [9.17, 15) is 13.7 Å². The van der Waals surface area contributed by atoms with E-state index in [0.717, 1.165) is 109 Å². The summed E-state index contributed by atoms with van der Waals surface area (Å²) in [4.78, 5) is 0. The molecule has 74 heavy (non-hydrogen) atoms. The van der Waals surface area contributed by atoms with Crippen molar-refractivity contribution in [3.63, 3.8) is 0 Å². The molecule has 0 N–H and O–H groups in total. The lowest BCUT2D eigenvalue weighted by Crippen LogP contribution is -2.23. The van der Waals surface area contributed by atoms with Crippen molar-refractivity contribution in [2.45, 2.75) is 119 Å². The molecule has 0 aliphatic carbocycles. The monoisotopic (exact) mass is 1190 g/mol. The van der Waals surface area contributed by atoms with E-state index in [1.807, 2.05) is 130 Å². The van der Waals surface area contributed by atoms with Gasteiger partial charge in [-0.2, -0.15) is 0 Å². The highest BCUT2D eigenvalue weighted by Crippen LogP contribution is 2.66. The Labute approximate surface area is 457 Å². The van der Waals surface area contributed by atoms with Gasteiger partial charge < -0.3 is 42.1 Å². The summed E-state index contributed by atoms with van der Waals surface area (Å²) in [5.41, 5.74) is 12.7. The number of benzene rings is 6. The molecule has 3 aliphatic rings. The normalized spacial score (nSPS) is 19.6. The molecule has 3 atom stereocenters. The Bertz CT molecular complexity index is 3190. The number of methoxy groups -OCH3 is 3. The van der Waals surface area contributed by atoms with Crippen LogP contribution in [0.25, 0.3) is 33.4 Å². The van der Waals surface area contributed by atoms with E-state index in [1.165, 1.54) is 11.1 Å². The van der Waals surface area contributed by atoms with Gasteiger partial charge >= 0.3 is 0 Å². The molecule has 0 bridgehead atoms. The lowest BCUT2D eigenvalue weighted by atomic mass is 9.93. The molecular formula is C60H73Br2O9P3. The fraction of sp³-hybridized carbons (Fsp3) is 0.400. The predicted octanol–water partition coefficient (Wildman–Crippen LogP) is 16.9. The number of hydrogen-bond acceptors (Lipinski definition) is 9. The molecule has 396 valence electrons. The minimum atomic E-state index is -2.74. The summed E-state index contributed by atoms with van der Waals surface area (Å²) < 4.78 is 78.2. The van der Waals surface area contributed by atoms with Crippen LogP contribution in [-0.2, 0) is 13.7 Å². The van der Waals surface area contributed by atoms with E-state index in [2.05, 4.69) is 84.7 Å². The number of hydrogen-bond donors (Lipinski definition) is 0. The number of aryl methyl sites for hydroxylation is 3. The van der Waals surface area contributed by atoms with Crippen LogP contribution >= 0.6 is 53.3 Å². The van der Waals surface area contributed by atoms with E-state index in [0.29, 0.717) is 5.75 Å². The average molecular weight is 1190 g/mol. The van der Waals surface area contributed by atoms with E-state index < -0.39 is 21.4 Å². The fourth-order valence-electron chi connectivity index (χ4n) is 10.1. The van der Waals surface area contributed by atoms with Gasteiger partial charge in [0, 0.05) is 53.3 Å². The summed E-state index contributed by atoms with van der Waals surface area (Å²) in [5, 5.41) is 1.49. The second-order valence-corrected chi connectivity index (χ2v) is 34.8. The summed E-state index contributed by atoms with van der Waals surface area (Å²) in [5.74, 6) is 4.60. The lowest BCUT2D eigenvalue weighted by molar-refractivity contribution is 0.389. The van der Waals surface area contributed by atoms with Gasteiger partial charge in [0.15, 0.2) is 21.4 Å². The number of ether oxygens (including phenoxy) is 6. The average Bonchev–Trinajstić information content (AvgIpc) is 4.02. The SMILES string of the molecule is COc1c(Br)cc(Br)c(C)c1-c1cccc2c1[P@](=O)(C(C)(C)C)CO2.COc1c(C)cc(C)c(C)c1-c1cccc2c1[P@](=O)(C(C)(C)C)CO2.COc1ccc(C)c(C)c1-c1cccc2c1[P@](=O)(C(C)(C)C)CO2. The Morgan fingerprint density at radius 2 is 0.811 bits per heavy atom. The molecule has 3 aliphatic heterocycles. The van der Waals surface area contributed by atoms with Crippen LogP contribution in [-0.4, -0.2) is 55.8 Å². The smallest absolute Gasteiger partial charge is 0.160 e. The third kappa shape index (κ3) is 9.78. The molecule has 3 heterocycles. The first kappa shape index (κ1) is 57.5. The van der Waals surface area contributed by atoms with E-state index in [1.54, 1.807) is 21.3 Å². The molecule has 9 rings (SSSR count). The Morgan fingerprint density at radius 3 is 1.19 bits per heavy atom. The third-order valence-electron chi connectivity index (χ3n) is 15.1. The van der Waals surface area contributed by atoms with Gasteiger partial charge in [-0.05, 0) is 121 Å². The summed E-state index contributed by atoms with van der Waals surface area (Å²) in [7, 11) is -3.10. The van der Waals surface area contributed by atoms with E-state index >= 15 is 0 Å². The maximum atomic E-state index is 14.0. The van der Waals surface area contributed by atoms with Crippen molar-refractivity contribution in [3.05, 3.63) is 121 Å². The second kappa shape index (κ2) is 21.0. The number of halogens is 2. The molecule has 0 saturated heterocycles. The molecule has 0 radical (unpaired) electrons. The number of rotatable bonds is 6. The van der Waals surface area contributed by atoms with Crippen molar-refractivity contribution >= 4 is 69.2 Å². The van der Waals surface area contributed by atoms with Crippen LogP contribution < -0.4 is 44.3 Å². The maximum Gasteiger partial charge on any atom is 0.160 e. The molecule has 0 saturated carbocycles. The summed E-state index contributed by atoms with van der Waals surface area (Å²) >= 11 is 7.20. The number of fused-ring (bicyclic) bond motifs is 3. The Morgan fingerprint density at radius 1 is 0.432 bits per heavy atom. The second-order valence-electron chi connectivity index (χ2n) is 22.5. The summed E-state index contributed by atoms with van der Waals surface area (Å²) in [6.07, 6.45) is 0.796.